The van der Waals surface area contributed by atoms with E-state index in [-0.39, 0.29) is 10.6 Å². The van der Waals surface area contributed by atoms with Gasteiger partial charge in [0.05, 0.1) is 18.7 Å². The smallest absolute Gasteiger partial charge is 0.187 e. The van der Waals surface area contributed by atoms with Gasteiger partial charge in [-0.15, -0.1) is 0 Å². The first-order valence-electron chi connectivity index (χ1n) is 7.30. The topological polar surface area (TPSA) is 112 Å². The molecule has 4 N–H and O–H groups in total. The zero-order valence-corrected chi connectivity index (χ0v) is 14.0. The maximum Gasteiger partial charge on any atom is 0.187 e. The van der Waals surface area contributed by atoms with Crippen LogP contribution in [0.4, 0.5) is 5.69 Å². The maximum absolute atomic E-state index is 10.1. The van der Waals surface area contributed by atoms with E-state index in [4.69, 9.17) is 22.4 Å². The van der Waals surface area contributed by atoms with E-state index in [0.29, 0.717) is 10.2 Å². The molecule has 0 amide bonds. The standard InChI is InChI=1S/C14H15BrClNO6/c15-5-1-2-6-9(10(5)16)7(3-17-6)22-14-13(21)12(20)11(19)8(4-18)23-14/h1-3,7-8,11-14,18-21H,4H2/t7?,8-,11+,12+,13-,14?/m1/s1/i7D. The van der Waals surface area contributed by atoms with Crippen LogP contribution in [-0.4, -0.2) is 64.0 Å². The van der Waals surface area contributed by atoms with Crippen molar-refractivity contribution in [2.45, 2.75) is 36.8 Å². The van der Waals surface area contributed by atoms with Gasteiger partial charge in [0.1, 0.15) is 30.5 Å². The molecule has 0 aliphatic carbocycles. The molecule has 3 rings (SSSR count). The Labute approximate surface area is 146 Å². The van der Waals surface area contributed by atoms with Crippen LogP contribution in [0.25, 0.3) is 0 Å². The van der Waals surface area contributed by atoms with E-state index in [2.05, 4.69) is 20.9 Å². The van der Waals surface area contributed by atoms with E-state index in [0.717, 1.165) is 0 Å². The molecule has 2 aliphatic rings. The summed E-state index contributed by atoms with van der Waals surface area (Å²) in [5, 5.41) is 39.1. The number of aliphatic hydroxyl groups is 4. The molecule has 0 radical (unpaired) electrons. The Hall–Kier alpha value is -0.580. The second-order valence-corrected chi connectivity index (χ2v) is 6.43. The Balaban J connectivity index is 1.90. The number of hydrogen-bond donors (Lipinski definition) is 4. The van der Waals surface area contributed by atoms with E-state index in [1.54, 1.807) is 12.1 Å². The SMILES string of the molecule is [2H]C1(OC2O[C@H](CO)[C@H](O)[C@H](O)[C@H]2O)C=Nc2ccc(Br)c(Cl)c21. The summed E-state index contributed by atoms with van der Waals surface area (Å²) in [6.07, 6.45) is -7.98. The van der Waals surface area contributed by atoms with Gasteiger partial charge in [0.25, 0.3) is 0 Å². The number of nitrogens with zero attached hydrogens (tertiary/aromatic N) is 1. The van der Waals surface area contributed by atoms with Gasteiger partial charge >= 0.3 is 0 Å². The van der Waals surface area contributed by atoms with Crippen LogP contribution >= 0.6 is 27.5 Å². The van der Waals surface area contributed by atoms with Gasteiger partial charge in [-0.05, 0) is 28.1 Å². The van der Waals surface area contributed by atoms with Crippen molar-refractivity contribution in [2.75, 3.05) is 6.61 Å². The lowest BCUT2D eigenvalue weighted by Gasteiger charge is -2.40. The van der Waals surface area contributed by atoms with Crippen molar-refractivity contribution in [3.8, 4) is 0 Å². The van der Waals surface area contributed by atoms with E-state index in [1.807, 2.05) is 0 Å². The minimum atomic E-state index is -1.86. The second-order valence-electron chi connectivity index (χ2n) is 5.19. The second kappa shape index (κ2) is 6.73. The number of hydrogen-bond acceptors (Lipinski definition) is 7. The number of halogens is 2. The van der Waals surface area contributed by atoms with E-state index in [1.165, 1.54) is 6.21 Å². The quantitative estimate of drug-likeness (QED) is 0.584. The van der Waals surface area contributed by atoms with Gasteiger partial charge in [-0.1, -0.05) is 11.6 Å². The first-order chi connectivity index (χ1) is 11.3. The monoisotopic (exact) mass is 408 g/mol. The Bertz CT molecular complexity index is 677. The third kappa shape index (κ3) is 3.06. The third-order valence-corrected chi connectivity index (χ3v) is 5.01. The van der Waals surface area contributed by atoms with Crippen LogP contribution in [0.2, 0.25) is 5.02 Å². The van der Waals surface area contributed by atoms with E-state index < -0.39 is 43.4 Å². The minimum Gasteiger partial charge on any atom is -0.394 e. The molecule has 7 nitrogen and oxygen atoms in total. The summed E-state index contributed by atoms with van der Waals surface area (Å²) < 4.78 is 19.8. The molecule has 1 aromatic carbocycles. The Kier molecular flexibility index (Phi) is 4.66. The first-order valence-corrected chi connectivity index (χ1v) is 7.97. The number of rotatable bonds is 3. The number of fused-ring (bicyclic) bond motifs is 1. The fourth-order valence-electron chi connectivity index (χ4n) is 2.45. The summed E-state index contributed by atoms with van der Waals surface area (Å²) in [5.74, 6) is 0. The van der Waals surface area contributed by atoms with Gasteiger partial charge < -0.3 is 29.9 Å². The van der Waals surface area contributed by atoms with Crippen LogP contribution < -0.4 is 0 Å². The lowest BCUT2D eigenvalue weighted by atomic mass is 9.99. The largest absolute Gasteiger partial charge is 0.394 e. The molecule has 2 unspecified atom stereocenters. The summed E-state index contributed by atoms with van der Waals surface area (Å²) in [7, 11) is 0. The van der Waals surface area contributed by atoms with Crippen LogP contribution in [0.5, 0.6) is 0 Å². The maximum atomic E-state index is 10.1. The van der Waals surface area contributed by atoms with Gasteiger partial charge in [0.15, 0.2) is 6.29 Å². The average Bonchev–Trinajstić information content (AvgIpc) is 2.89. The van der Waals surface area contributed by atoms with Crippen LogP contribution in [0, 0.1) is 0 Å². The number of aliphatic hydroxyl groups excluding tert-OH is 4. The Morgan fingerprint density at radius 2 is 2.04 bits per heavy atom. The molecule has 9 heteroatoms. The molecule has 1 saturated heterocycles. The zero-order chi connectivity index (χ0) is 17.6. The lowest BCUT2D eigenvalue weighted by molar-refractivity contribution is -0.306. The molecule has 2 aliphatic heterocycles. The molecule has 1 aromatic rings. The van der Waals surface area contributed by atoms with Gasteiger partial charge in [0.2, 0.25) is 0 Å². The zero-order valence-electron chi connectivity index (χ0n) is 12.6. The van der Waals surface area contributed by atoms with Gasteiger partial charge in [-0.25, -0.2) is 0 Å². The first kappa shape index (κ1) is 15.9. The highest BCUT2D eigenvalue weighted by Gasteiger charge is 2.45. The molecule has 2 heterocycles. The normalized spacial score (nSPS) is 40.1. The number of benzene rings is 1. The molecule has 1 fully saturated rings. The Morgan fingerprint density at radius 3 is 2.74 bits per heavy atom. The summed E-state index contributed by atoms with van der Waals surface area (Å²) in [4.78, 5) is 4.08. The van der Waals surface area contributed by atoms with Crippen LogP contribution in [0.1, 0.15) is 13.0 Å². The summed E-state index contributed by atoms with van der Waals surface area (Å²) in [5.41, 5.74) is 0.693. The van der Waals surface area contributed by atoms with E-state index in [9.17, 15) is 20.4 Å². The number of ether oxygens (including phenoxy) is 2. The highest BCUT2D eigenvalue weighted by Crippen LogP contribution is 2.42. The van der Waals surface area contributed by atoms with Crippen molar-refractivity contribution in [3.63, 3.8) is 0 Å². The molecule has 0 bridgehead atoms. The minimum absolute atomic E-state index is 0.226. The summed E-state index contributed by atoms with van der Waals surface area (Å²) in [6, 6.07) is 3.33. The third-order valence-electron chi connectivity index (χ3n) is 3.73. The fraction of sp³-hybridized carbons (Fsp3) is 0.500. The van der Waals surface area contributed by atoms with Gasteiger partial charge in [-0.3, -0.25) is 4.99 Å². The highest BCUT2D eigenvalue weighted by molar-refractivity contribution is 9.10. The van der Waals surface area contributed by atoms with Crippen LogP contribution in [-0.2, 0) is 9.47 Å². The van der Waals surface area contributed by atoms with Crippen molar-refractivity contribution in [1.29, 1.82) is 0 Å². The van der Waals surface area contributed by atoms with E-state index >= 15 is 0 Å². The predicted octanol–water partition coefficient (Wildman–Crippen LogP) is 0.676. The molecule has 0 saturated carbocycles. The molecular weight excluding hydrogens is 394 g/mol. The van der Waals surface area contributed by atoms with Crippen molar-refractivity contribution < 1.29 is 31.3 Å². The fourth-order valence-corrected chi connectivity index (χ4v) is 3.04. The summed E-state index contributed by atoms with van der Waals surface area (Å²) >= 11 is 9.49. The van der Waals surface area contributed by atoms with Gasteiger partial charge in [0, 0.05) is 16.3 Å². The Morgan fingerprint density at radius 1 is 1.30 bits per heavy atom. The van der Waals surface area contributed by atoms with Crippen LogP contribution in [0.15, 0.2) is 21.6 Å². The van der Waals surface area contributed by atoms with Crippen molar-refractivity contribution >= 4 is 39.4 Å². The average molecular weight is 410 g/mol. The van der Waals surface area contributed by atoms with Crippen molar-refractivity contribution in [1.82, 2.24) is 0 Å². The van der Waals surface area contributed by atoms with Crippen molar-refractivity contribution in [2.24, 2.45) is 4.99 Å². The molecule has 126 valence electrons. The number of aliphatic imine (C=N–C) groups is 1. The predicted molar refractivity (Wildman–Crippen MR) is 84.9 cm³/mol. The highest BCUT2D eigenvalue weighted by atomic mass is 79.9. The van der Waals surface area contributed by atoms with Crippen molar-refractivity contribution in [3.05, 3.63) is 27.2 Å². The van der Waals surface area contributed by atoms with Crippen LogP contribution in [0.3, 0.4) is 0 Å². The summed E-state index contributed by atoms with van der Waals surface area (Å²) in [6.45, 7) is -0.590. The van der Waals surface area contributed by atoms with Gasteiger partial charge in [-0.2, -0.15) is 0 Å². The molecular formula is C14H15BrClNO6. The molecule has 0 spiro atoms. The molecule has 23 heavy (non-hydrogen) atoms. The lowest BCUT2D eigenvalue weighted by Crippen LogP contribution is -2.59. The molecule has 6 atom stereocenters. The molecule has 0 aromatic heterocycles.